The van der Waals surface area contributed by atoms with E-state index in [0.717, 1.165) is 10.7 Å². The van der Waals surface area contributed by atoms with Crippen LogP contribution >= 0.6 is 11.8 Å². The molecule has 0 aliphatic rings. The number of ether oxygens (including phenoxy) is 1. The highest BCUT2D eigenvalue weighted by Gasteiger charge is 2.28. The van der Waals surface area contributed by atoms with Crippen LogP contribution in [0, 0.1) is 5.41 Å². The van der Waals surface area contributed by atoms with E-state index in [4.69, 9.17) is 4.74 Å². The molecular formula is C14H19N5O2S. The lowest BCUT2D eigenvalue weighted by Crippen LogP contribution is -2.27. The standard InChI is InChI=1S/C14H19N5O2S/c1-14(2,12(20)21-3)5-6-19-9-11(17-18-19)10-7-15-13(22-4)16-8-10/h7-9H,5-6H2,1-4H3. The number of thioether (sulfide) groups is 1. The predicted octanol–water partition coefficient (Wildman–Crippen LogP) is 2.05. The fraction of sp³-hybridized carbons (Fsp3) is 0.500. The molecule has 2 heterocycles. The molecule has 2 aromatic rings. The molecule has 2 rings (SSSR count). The van der Waals surface area contributed by atoms with E-state index in [2.05, 4.69) is 20.3 Å². The second kappa shape index (κ2) is 6.87. The molecule has 0 aliphatic heterocycles. The molecule has 22 heavy (non-hydrogen) atoms. The predicted molar refractivity (Wildman–Crippen MR) is 83.2 cm³/mol. The van der Waals surface area contributed by atoms with E-state index in [0.29, 0.717) is 18.7 Å². The van der Waals surface area contributed by atoms with Gasteiger partial charge in [0.25, 0.3) is 0 Å². The summed E-state index contributed by atoms with van der Waals surface area (Å²) in [5.41, 5.74) is 0.976. The first-order valence-corrected chi connectivity index (χ1v) is 8.03. The molecular weight excluding hydrogens is 302 g/mol. The molecule has 118 valence electrons. The summed E-state index contributed by atoms with van der Waals surface area (Å²) in [5.74, 6) is -0.228. The van der Waals surface area contributed by atoms with Crippen LogP contribution in [0.15, 0.2) is 23.7 Å². The third-order valence-corrected chi connectivity index (χ3v) is 3.92. The van der Waals surface area contributed by atoms with Gasteiger partial charge in [-0.3, -0.25) is 9.48 Å². The van der Waals surface area contributed by atoms with Crippen LogP contribution in [-0.2, 0) is 16.1 Å². The molecule has 0 saturated heterocycles. The molecule has 0 aliphatic carbocycles. The number of aromatic nitrogens is 5. The van der Waals surface area contributed by atoms with Crippen molar-refractivity contribution >= 4 is 17.7 Å². The van der Waals surface area contributed by atoms with Gasteiger partial charge in [0.05, 0.1) is 18.7 Å². The Kier molecular flexibility index (Phi) is 5.12. The number of aryl methyl sites for hydroxylation is 1. The van der Waals surface area contributed by atoms with Crippen molar-refractivity contribution in [3.05, 3.63) is 18.6 Å². The Balaban J connectivity index is 2.03. The van der Waals surface area contributed by atoms with Crippen LogP contribution in [-0.4, -0.2) is 44.3 Å². The first-order chi connectivity index (χ1) is 10.5. The van der Waals surface area contributed by atoms with E-state index in [-0.39, 0.29) is 5.97 Å². The minimum absolute atomic E-state index is 0.228. The van der Waals surface area contributed by atoms with E-state index in [9.17, 15) is 4.79 Å². The van der Waals surface area contributed by atoms with E-state index in [1.54, 1.807) is 17.1 Å². The Morgan fingerprint density at radius 1 is 1.36 bits per heavy atom. The Hall–Kier alpha value is -1.96. The molecule has 0 bridgehead atoms. The van der Waals surface area contributed by atoms with Gasteiger partial charge in [0.1, 0.15) is 5.69 Å². The summed E-state index contributed by atoms with van der Waals surface area (Å²) in [6.45, 7) is 4.29. The second-order valence-corrected chi connectivity index (χ2v) is 6.22. The van der Waals surface area contributed by atoms with Crippen molar-refractivity contribution in [2.45, 2.75) is 32.0 Å². The highest BCUT2D eigenvalue weighted by atomic mass is 32.2. The van der Waals surface area contributed by atoms with Gasteiger partial charge in [0, 0.05) is 24.5 Å². The van der Waals surface area contributed by atoms with E-state index in [1.807, 2.05) is 26.3 Å². The number of methoxy groups -OCH3 is 1. The van der Waals surface area contributed by atoms with Gasteiger partial charge in [-0.15, -0.1) is 5.10 Å². The van der Waals surface area contributed by atoms with Gasteiger partial charge in [0.2, 0.25) is 0 Å². The van der Waals surface area contributed by atoms with Crippen molar-refractivity contribution in [2.75, 3.05) is 13.4 Å². The lowest BCUT2D eigenvalue weighted by Gasteiger charge is -2.20. The molecule has 0 unspecified atom stereocenters. The highest BCUT2D eigenvalue weighted by molar-refractivity contribution is 7.98. The Bertz CT molecular complexity index is 639. The molecule has 7 nitrogen and oxygen atoms in total. The highest BCUT2D eigenvalue weighted by Crippen LogP contribution is 2.23. The molecule has 8 heteroatoms. The topological polar surface area (TPSA) is 82.8 Å². The quantitative estimate of drug-likeness (QED) is 0.457. The number of esters is 1. The number of hydrogen-bond acceptors (Lipinski definition) is 7. The fourth-order valence-corrected chi connectivity index (χ4v) is 2.18. The summed E-state index contributed by atoms with van der Waals surface area (Å²) in [6.07, 6.45) is 7.82. The monoisotopic (exact) mass is 321 g/mol. The van der Waals surface area contributed by atoms with Crippen LogP contribution in [0.25, 0.3) is 11.3 Å². The number of rotatable bonds is 6. The normalized spacial score (nSPS) is 11.5. The van der Waals surface area contributed by atoms with Crippen molar-refractivity contribution in [3.8, 4) is 11.3 Å². The van der Waals surface area contributed by atoms with Gasteiger partial charge in [-0.05, 0) is 26.5 Å². The van der Waals surface area contributed by atoms with Crippen LogP contribution in [0.3, 0.4) is 0 Å². The lowest BCUT2D eigenvalue weighted by molar-refractivity contribution is -0.151. The second-order valence-electron chi connectivity index (χ2n) is 5.45. The van der Waals surface area contributed by atoms with Crippen LogP contribution in [0.2, 0.25) is 0 Å². The first kappa shape index (κ1) is 16.4. The largest absolute Gasteiger partial charge is 0.469 e. The summed E-state index contributed by atoms with van der Waals surface area (Å²) in [6, 6.07) is 0. The molecule has 0 spiro atoms. The average molecular weight is 321 g/mol. The summed E-state index contributed by atoms with van der Waals surface area (Å²) < 4.78 is 6.51. The van der Waals surface area contributed by atoms with Gasteiger partial charge in [-0.2, -0.15) is 0 Å². The molecule has 0 N–H and O–H groups in total. The van der Waals surface area contributed by atoms with E-state index < -0.39 is 5.41 Å². The van der Waals surface area contributed by atoms with Gasteiger partial charge < -0.3 is 4.74 Å². The molecule has 2 aromatic heterocycles. The van der Waals surface area contributed by atoms with Crippen LogP contribution in [0.5, 0.6) is 0 Å². The first-order valence-electron chi connectivity index (χ1n) is 6.81. The van der Waals surface area contributed by atoms with Crippen molar-refractivity contribution in [1.29, 1.82) is 0 Å². The smallest absolute Gasteiger partial charge is 0.311 e. The summed E-state index contributed by atoms with van der Waals surface area (Å²) in [7, 11) is 1.40. The summed E-state index contributed by atoms with van der Waals surface area (Å²) in [4.78, 5) is 20.1. The molecule has 0 saturated carbocycles. The van der Waals surface area contributed by atoms with Gasteiger partial charge in [0.15, 0.2) is 5.16 Å². The third kappa shape index (κ3) is 3.82. The van der Waals surface area contributed by atoms with Crippen molar-refractivity contribution in [2.24, 2.45) is 5.41 Å². The Morgan fingerprint density at radius 2 is 2.05 bits per heavy atom. The lowest BCUT2D eigenvalue weighted by atomic mass is 9.89. The zero-order chi connectivity index (χ0) is 16.2. The van der Waals surface area contributed by atoms with Gasteiger partial charge in [-0.1, -0.05) is 17.0 Å². The molecule has 0 amide bonds. The van der Waals surface area contributed by atoms with Gasteiger partial charge >= 0.3 is 5.97 Å². The molecule has 0 aromatic carbocycles. The summed E-state index contributed by atoms with van der Waals surface area (Å²) >= 11 is 1.49. The van der Waals surface area contributed by atoms with Crippen LogP contribution < -0.4 is 0 Å². The maximum atomic E-state index is 11.7. The number of carbonyl (C=O) groups is 1. The fourth-order valence-electron chi connectivity index (χ4n) is 1.87. The van der Waals surface area contributed by atoms with E-state index in [1.165, 1.54) is 18.9 Å². The van der Waals surface area contributed by atoms with Gasteiger partial charge in [-0.25, -0.2) is 9.97 Å². The van der Waals surface area contributed by atoms with Crippen LogP contribution in [0.1, 0.15) is 20.3 Å². The summed E-state index contributed by atoms with van der Waals surface area (Å²) in [5, 5.41) is 8.91. The zero-order valence-corrected chi connectivity index (χ0v) is 13.9. The average Bonchev–Trinajstić information content (AvgIpc) is 3.01. The number of carbonyl (C=O) groups excluding carboxylic acids is 1. The molecule has 0 radical (unpaired) electrons. The Labute approximate surface area is 133 Å². The SMILES string of the molecule is COC(=O)C(C)(C)CCn1cc(-c2cnc(SC)nc2)nn1. The van der Waals surface area contributed by atoms with Crippen LogP contribution in [0.4, 0.5) is 0 Å². The van der Waals surface area contributed by atoms with Crippen molar-refractivity contribution in [1.82, 2.24) is 25.0 Å². The minimum atomic E-state index is -0.552. The number of hydrogen-bond donors (Lipinski definition) is 0. The maximum absolute atomic E-state index is 11.7. The number of nitrogens with zero attached hydrogens (tertiary/aromatic N) is 5. The third-order valence-electron chi connectivity index (χ3n) is 3.35. The minimum Gasteiger partial charge on any atom is -0.469 e. The maximum Gasteiger partial charge on any atom is 0.311 e. The zero-order valence-electron chi connectivity index (χ0n) is 13.1. The van der Waals surface area contributed by atoms with Crippen molar-refractivity contribution < 1.29 is 9.53 Å². The van der Waals surface area contributed by atoms with E-state index >= 15 is 0 Å². The van der Waals surface area contributed by atoms with Crippen molar-refractivity contribution in [3.63, 3.8) is 0 Å². The Morgan fingerprint density at radius 3 is 2.64 bits per heavy atom. The molecule has 0 fully saturated rings. The molecule has 0 atom stereocenters.